The quantitative estimate of drug-likeness (QED) is 0.740. The van der Waals surface area contributed by atoms with Crippen LogP contribution in [0.25, 0.3) is 0 Å². The third kappa shape index (κ3) is 4.10. The second kappa shape index (κ2) is 5.15. The smallest absolute Gasteiger partial charge is 0.338 e. The maximum Gasteiger partial charge on any atom is 0.338 e. The average Bonchev–Trinajstić information content (AvgIpc) is 2.12. The number of likely N-dealkylation sites (N-methyl/N-ethyl adjacent to an activating group) is 1. The summed E-state index contributed by atoms with van der Waals surface area (Å²) in [6.45, 7) is 10.2. The fourth-order valence-electron chi connectivity index (χ4n) is 1.57. The number of methoxy groups -OCH3 is 1. The van der Waals surface area contributed by atoms with Gasteiger partial charge in [-0.1, -0.05) is 20.8 Å². The van der Waals surface area contributed by atoms with Gasteiger partial charge in [-0.3, -0.25) is 4.90 Å². The van der Waals surface area contributed by atoms with Gasteiger partial charge in [0.15, 0.2) is 5.60 Å². The van der Waals surface area contributed by atoms with Crippen molar-refractivity contribution in [3.05, 3.63) is 0 Å². The number of aliphatic hydroxyl groups is 1. The summed E-state index contributed by atoms with van der Waals surface area (Å²) in [7, 11) is 3.18. The monoisotopic (exact) mass is 231 g/mol. The fourth-order valence-corrected chi connectivity index (χ4v) is 1.57. The van der Waals surface area contributed by atoms with Crippen molar-refractivity contribution in [1.82, 2.24) is 4.90 Å². The van der Waals surface area contributed by atoms with E-state index in [1.54, 1.807) is 0 Å². The molecule has 1 N–H and O–H groups in total. The van der Waals surface area contributed by atoms with E-state index in [9.17, 15) is 9.90 Å². The number of esters is 1. The summed E-state index contributed by atoms with van der Waals surface area (Å²) in [6, 6.07) is 0.253. The molecule has 0 aliphatic rings. The lowest BCUT2D eigenvalue weighted by Gasteiger charge is -2.38. The molecular formula is C12H25NO3. The Kier molecular flexibility index (Phi) is 4.95. The summed E-state index contributed by atoms with van der Waals surface area (Å²) in [6.07, 6.45) is 0. The van der Waals surface area contributed by atoms with Crippen LogP contribution in [0.4, 0.5) is 0 Å². The number of ether oxygens (including phenoxy) is 1. The molecule has 2 unspecified atom stereocenters. The lowest BCUT2D eigenvalue weighted by molar-refractivity contribution is -0.162. The number of hydrogen-bond donors (Lipinski definition) is 1. The van der Waals surface area contributed by atoms with Gasteiger partial charge in [0.25, 0.3) is 0 Å². The van der Waals surface area contributed by atoms with E-state index in [2.05, 4.69) is 32.4 Å². The predicted octanol–water partition coefficient (Wildman–Crippen LogP) is 1.28. The molecule has 2 atom stereocenters. The van der Waals surface area contributed by atoms with Crippen LogP contribution in [-0.2, 0) is 9.53 Å². The Morgan fingerprint density at radius 1 is 1.38 bits per heavy atom. The largest absolute Gasteiger partial charge is 0.467 e. The normalized spacial score (nSPS) is 18.1. The van der Waals surface area contributed by atoms with Crippen molar-refractivity contribution in [2.45, 2.75) is 46.3 Å². The molecule has 0 saturated carbocycles. The van der Waals surface area contributed by atoms with Crippen LogP contribution in [0.15, 0.2) is 0 Å². The number of nitrogens with zero attached hydrogens (tertiary/aromatic N) is 1. The van der Waals surface area contributed by atoms with Crippen LogP contribution >= 0.6 is 0 Å². The van der Waals surface area contributed by atoms with Gasteiger partial charge in [0, 0.05) is 12.6 Å². The first-order valence-corrected chi connectivity index (χ1v) is 5.53. The van der Waals surface area contributed by atoms with E-state index >= 15 is 0 Å². The van der Waals surface area contributed by atoms with Gasteiger partial charge in [-0.15, -0.1) is 0 Å². The van der Waals surface area contributed by atoms with E-state index in [1.165, 1.54) is 14.0 Å². The first-order chi connectivity index (χ1) is 7.02. The average molecular weight is 231 g/mol. The summed E-state index contributed by atoms with van der Waals surface area (Å²) in [5.74, 6) is -0.597. The van der Waals surface area contributed by atoms with E-state index in [0.29, 0.717) is 0 Å². The van der Waals surface area contributed by atoms with Crippen molar-refractivity contribution in [2.24, 2.45) is 5.41 Å². The molecule has 0 aliphatic heterocycles. The van der Waals surface area contributed by atoms with Crippen molar-refractivity contribution in [1.29, 1.82) is 0 Å². The fraction of sp³-hybridized carbons (Fsp3) is 0.917. The minimum Gasteiger partial charge on any atom is -0.467 e. The number of hydrogen-bond acceptors (Lipinski definition) is 4. The van der Waals surface area contributed by atoms with E-state index in [4.69, 9.17) is 0 Å². The van der Waals surface area contributed by atoms with Crippen LogP contribution in [0.2, 0.25) is 0 Å². The molecule has 0 rings (SSSR count). The topological polar surface area (TPSA) is 49.8 Å². The van der Waals surface area contributed by atoms with Crippen molar-refractivity contribution >= 4 is 5.97 Å². The van der Waals surface area contributed by atoms with Crippen LogP contribution < -0.4 is 0 Å². The highest BCUT2D eigenvalue weighted by molar-refractivity contribution is 5.78. The van der Waals surface area contributed by atoms with Crippen LogP contribution in [0.5, 0.6) is 0 Å². The molecule has 0 aromatic rings. The van der Waals surface area contributed by atoms with Crippen molar-refractivity contribution in [2.75, 3.05) is 20.7 Å². The van der Waals surface area contributed by atoms with Crippen LogP contribution in [-0.4, -0.2) is 48.3 Å². The predicted molar refractivity (Wildman–Crippen MR) is 64.2 cm³/mol. The first-order valence-electron chi connectivity index (χ1n) is 5.53. The lowest BCUT2D eigenvalue weighted by Crippen LogP contribution is -2.51. The Labute approximate surface area is 98.6 Å². The van der Waals surface area contributed by atoms with Crippen molar-refractivity contribution in [3.63, 3.8) is 0 Å². The summed E-state index contributed by atoms with van der Waals surface area (Å²) in [5, 5.41) is 9.95. The minimum atomic E-state index is -1.46. The van der Waals surface area contributed by atoms with E-state index in [0.717, 1.165) is 0 Å². The molecular weight excluding hydrogens is 206 g/mol. The second-order valence-electron chi connectivity index (χ2n) is 5.72. The Morgan fingerprint density at radius 2 is 1.81 bits per heavy atom. The van der Waals surface area contributed by atoms with Gasteiger partial charge in [-0.05, 0) is 26.3 Å². The number of rotatable bonds is 4. The van der Waals surface area contributed by atoms with Gasteiger partial charge in [0.2, 0.25) is 0 Å². The molecule has 0 saturated heterocycles. The van der Waals surface area contributed by atoms with Crippen LogP contribution in [0.3, 0.4) is 0 Å². The maximum atomic E-state index is 11.3. The molecule has 0 amide bonds. The zero-order chi connectivity index (χ0) is 13.1. The summed E-state index contributed by atoms with van der Waals surface area (Å²) < 4.78 is 4.57. The highest BCUT2D eigenvalue weighted by Crippen LogP contribution is 2.24. The molecule has 0 radical (unpaired) electrons. The molecule has 4 nitrogen and oxygen atoms in total. The zero-order valence-corrected chi connectivity index (χ0v) is 11.5. The second-order valence-corrected chi connectivity index (χ2v) is 5.72. The Bertz CT molecular complexity index is 243. The summed E-state index contributed by atoms with van der Waals surface area (Å²) in [5.41, 5.74) is -1.36. The van der Waals surface area contributed by atoms with Crippen LogP contribution in [0, 0.1) is 5.41 Å². The van der Waals surface area contributed by atoms with E-state index < -0.39 is 11.6 Å². The van der Waals surface area contributed by atoms with Gasteiger partial charge < -0.3 is 9.84 Å². The molecule has 0 aliphatic carbocycles. The Hall–Kier alpha value is -0.610. The summed E-state index contributed by atoms with van der Waals surface area (Å²) in [4.78, 5) is 13.3. The molecule has 0 spiro atoms. The molecule has 0 aromatic heterocycles. The Morgan fingerprint density at radius 3 is 2.12 bits per heavy atom. The number of carbonyl (C=O) groups is 1. The van der Waals surface area contributed by atoms with Gasteiger partial charge in [-0.25, -0.2) is 4.79 Å². The van der Waals surface area contributed by atoms with Crippen LogP contribution in [0.1, 0.15) is 34.6 Å². The maximum absolute atomic E-state index is 11.3. The summed E-state index contributed by atoms with van der Waals surface area (Å²) >= 11 is 0. The van der Waals surface area contributed by atoms with Gasteiger partial charge in [0.1, 0.15) is 0 Å². The molecule has 0 aromatic carbocycles. The molecule has 0 bridgehead atoms. The van der Waals surface area contributed by atoms with Gasteiger partial charge in [-0.2, -0.15) is 0 Å². The van der Waals surface area contributed by atoms with E-state index in [-0.39, 0.29) is 18.0 Å². The highest BCUT2D eigenvalue weighted by atomic mass is 16.5. The molecule has 4 heteroatoms. The molecule has 0 heterocycles. The lowest BCUT2D eigenvalue weighted by atomic mass is 9.86. The first kappa shape index (κ1) is 15.4. The molecule has 0 fully saturated rings. The SMILES string of the molecule is COC(=O)C(C)(O)CN(C)C(C)C(C)(C)C. The Balaban J connectivity index is 4.56. The standard InChI is InChI=1S/C12H25NO3/c1-9(11(2,3)4)13(6)8-12(5,15)10(14)16-7/h9,15H,8H2,1-7H3. The zero-order valence-electron chi connectivity index (χ0n) is 11.5. The van der Waals surface area contributed by atoms with Crippen molar-refractivity contribution in [3.8, 4) is 0 Å². The van der Waals surface area contributed by atoms with E-state index in [1.807, 2.05) is 11.9 Å². The number of carbonyl (C=O) groups excluding carboxylic acids is 1. The van der Waals surface area contributed by atoms with Gasteiger partial charge >= 0.3 is 5.97 Å². The third-order valence-electron chi connectivity index (χ3n) is 3.10. The minimum absolute atomic E-state index is 0.0982. The highest BCUT2D eigenvalue weighted by Gasteiger charge is 2.35. The van der Waals surface area contributed by atoms with Gasteiger partial charge in [0.05, 0.1) is 7.11 Å². The molecule has 16 heavy (non-hydrogen) atoms. The van der Waals surface area contributed by atoms with Crippen molar-refractivity contribution < 1.29 is 14.6 Å². The molecule has 96 valence electrons. The third-order valence-corrected chi connectivity index (χ3v) is 3.10.